The second kappa shape index (κ2) is 3.96. The van der Waals surface area contributed by atoms with Crippen molar-refractivity contribution in [2.75, 3.05) is 5.73 Å². The highest BCUT2D eigenvalue weighted by Crippen LogP contribution is 2.52. The van der Waals surface area contributed by atoms with E-state index in [1.807, 2.05) is 12.1 Å². The molecule has 2 N–H and O–H groups in total. The van der Waals surface area contributed by atoms with Gasteiger partial charge in [-0.05, 0) is 22.8 Å². The number of nitrogens with two attached hydrogens (primary N) is 1. The molecule has 0 radical (unpaired) electrons. The van der Waals surface area contributed by atoms with Crippen LogP contribution in [0.3, 0.4) is 0 Å². The fraction of sp³-hybridized carbons (Fsp3) is 0.143. The van der Waals surface area contributed by atoms with E-state index >= 15 is 0 Å². The van der Waals surface area contributed by atoms with Crippen LogP contribution in [0.5, 0.6) is 0 Å². The first-order valence-corrected chi connectivity index (χ1v) is 7.93. The lowest BCUT2D eigenvalue weighted by atomic mass is 9.82. The number of furan rings is 1. The third-order valence-corrected chi connectivity index (χ3v) is 5.24. The summed E-state index contributed by atoms with van der Waals surface area (Å²) in [7, 11) is 0. The van der Waals surface area contributed by atoms with E-state index in [9.17, 15) is 0 Å². The van der Waals surface area contributed by atoms with Gasteiger partial charge >= 0.3 is 0 Å². The zero-order valence-corrected chi connectivity index (χ0v) is 13.2. The zero-order valence-electron chi connectivity index (χ0n) is 13.2. The number of fused-ring (bicyclic) bond motifs is 7. The average molecular weight is 299 g/mol. The lowest BCUT2D eigenvalue weighted by Gasteiger charge is -2.21. The monoisotopic (exact) mass is 299 g/mol. The zero-order chi connectivity index (χ0) is 15.8. The van der Waals surface area contributed by atoms with Crippen LogP contribution in [0.1, 0.15) is 25.0 Å². The van der Waals surface area contributed by atoms with Crippen molar-refractivity contribution in [3.8, 4) is 11.1 Å². The topological polar surface area (TPSA) is 39.2 Å². The fourth-order valence-corrected chi connectivity index (χ4v) is 4.06. The first-order chi connectivity index (χ1) is 11.1. The van der Waals surface area contributed by atoms with Crippen molar-refractivity contribution >= 4 is 27.6 Å². The van der Waals surface area contributed by atoms with Crippen molar-refractivity contribution in [3.63, 3.8) is 0 Å². The molecule has 4 aromatic rings. The van der Waals surface area contributed by atoms with Gasteiger partial charge in [-0.2, -0.15) is 0 Å². The molecule has 2 nitrogen and oxygen atoms in total. The van der Waals surface area contributed by atoms with Gasteiger partial charge in [0.1, 0.15) is 5.58 Å². The lowest BCUT2D eigenvalue weighted by Crippen LogP contribution is -2.14. The van der Waals surface area contributed by atoms with Crippen molar-refractivity contribution in [1.82, 2.24) is 0 Å². The Labute approximate surface area is 134 Å². The molecule has 3 aromatic carbocycles. The van der Waals surface area contributed by atoms with Gasteiger partial charge in [0.2, 0.25) is 0 Å². The molecule has 0 saturated carbocycles. The number of rotatable bonds is 0. The van der Waals surface area contributed by atoms with Crippen LogP contribution in [0.25, 0.3) is 33.1 Å². The van der Waals surface area contributed by atoms with Gasteiger partial charge in [-0.1, -0.05) is 62.4 Å². The van der Waals surface area contributed by atoms with Gasteiger partial charge in [0.25, 0.3) is 0 Å². The van der Waals surface area contributed by atoms with Gasteiger partial charge in [-0.25, -0.2) is 0 Å². The number of anilines is 1. The van der Waals surface area contributed by atoms with Gasteiger partial charge < -0.3 is 10.2 Å². The summed E-state index contributed by atoms with van der Waals surface area (Å²) in [6.45, 7) is 4.56. The van der Waals surface area contributed by atoms with Crippen LogP contribution in [0, 0.1) is 0 Å². The summed E-state index contributed by atoms with van der Waals surface area (Å²) in [5, 5.41) is 2.23. The maximum atomic E-state index is 6.25. The van der Waals surface area contributed by atoms with E-state index in [4.69, 9.17) is 10.2 Å². The first kappa shape index (κ1) is 12.8. The van der Waals surface area contributed by atoms with Crippen LogP contribution < -0.4 is 5.73 Å². The summed E-state index contributed by atoms with van der Waals surface area (Å²) in [6.07, 6.45) is 0. The molecule has 5 rings (SSSR count). The molecule has 0 aliphatic heterocycles. The molecule has 0 amide bonds. The van der Waals surface area contributed by atoms with Crippen molar-refractivity contribution in [2.45, 2.75) is 19.3 Å². The molecular weight excluding hydrogens is 282 g/mol. The Morgan fingerprint density at radius 1 is 0.783 bits per heavy atom. The van der Waals surface area contributed by atoms with Gasteiger partial charge in [-0.15, -0.1) is 0 Å². The van der Waals surface area contributed by atoms with Crippen molar-refractivity contribution < 1.29 is 4.42 Å². The fourth-order valence-electron chi connectivity index (χ4n) is 4.06. The number of hydrogen-bond acceptors (Lipinski definition) is 2. The van der Waals surface area contributed by atoms with Crippen molar-refractivity contribution in [1.29, 1.82) is 0 Å². The van der Waals surface area contributed by atoms with E-state index in [0.29, 0.717) is 5.69 Å². The second-order valence-electron chi connectivity index (χ2n) is 6.86. The third kappa shape index (κ3) is 1.43. The molecule has 1 aliphatic carbocycles. The summed E-state index contributed by atoms with van der Waals surface area (Å²) < 4.78 is 6.25. The summed E-state index contributed by atoms with van der Waals surface area (Å²) in [6, 6.07) is 19.0. The molecule has 1 aliphatic rings. The largest absolute Gasteiger partial charge is 0.453 e. The average Bonchev–Trinajstić information content (AvgIpc) is 3.04. The number of hydrogen-bond donors (Lipinski definition) is 1. The van der Waals surface area contributed by atoms with Gasteiger partial charge in [0.05, 0.1) is 5.69 Å². The second-order valence-corrected chi connectivity index (χ2v) is 6.86. The number of benzene rings is 3. The predicted octanol–water partition coefficient (Wildman–Crippen LogP) is 5.47. The predicted molar refractivity (Wildman–Crippen MR) is 95.7 cm³/mol. The minimum Gasteiger partial charge on any atom is -0.453 e. The Kier molecular flexibility index (Phi) is 2.20. The standard InChI is InChI=1S/C21H17NO/c1-21(2)15-8-4-3-6-14(15)18-16(21)11-10-13-12-7-5-9-17(22)19(12)23-20(13)18/h3-11H,22H2,1-2H3. The Bertz CT molecular complexity index is 1100. The Balaban J connectivity index is 2.02. The molecule has 2 heteroatoms. The number of nitrogen functional groups attached to an aromatic ring is 1. The van der Waals surface area contributed by atoms with Crippen LogP contribution in [0.2, 0.25) is 0 Å². The Morgan fingerprint density at radius 3 is 2.43 bits per heavy atom. The van der Waals surface area contributed by atoms with Crippen LogP contribution in [-0.2, 0) is 5.41 Å². The molecule has 112 valence electrons. The highest BCUT2D eigenvalue weighted by Gasteiger charge is 2.37. The van der Waals surface area contributed by atoms with Gasteiger partial charge in [0.15, 0.2) is 5.58 Å². The molecule has 1 aromatic heterocycles. The van der Waals surface area contributed by atoms with E-state index < -0.39 is 0 Å². The number of para-hydroxylation sites is 1. The minimum atomic E-state index is -0.00929. The molecular formula is C21H17NO. The van der Waals surface area contributed by atoms with Crippen molar-refractivity contribution in [2.24, 2.45) is 0 Å². The third-order valence-electron chi connectivity index (χ3n) is 5.24. The van der Waals surface area contributed by atoms with Gasteiger partial charge in [0, 0.05) is 21.8 Å². The molecule has 23 heavy (non-hydrogen) atoms. The lowest BCUT2D eigenvalue weighted by molar-refractivity contribution is 0.653. The van der Waals surface area contributed by atoms with Gasteiger partial charge in [-0.3, -0.25) is 0 Å². The first-order valence-electron chi connectivity index (χ1n) is 7.93. The van der Waals surface area contributed by atoms with E-state index in [1.54, 1.807) is 0 Å². The minimum absolute atomic E-state index is 0.00929. The molecule has 0 unspecified atom stereocenters. The summed E-state index contributed by atoms with van der Waals surface area (Å²) in [5.74, 6) is 0. The quantitative estimate of drug-likeness (QED) is 0.437. The molecule has 0 atom stereocenters. The van der Waals surface area contributed by atoms with Crippen LogP contribution in [-0.4, -0.2) is 0 Å². The smallest absolute Gasteiger partial charge is 0.158 e. The van der Waals surface area contributed by atoms with E-state index in [1.165, 1.54) is 22.3 Å². The normalized spacial score (nSPS) is 15.0. The van der Waals surface area contributed by atoms with Crippen LogP contribution >= 0.6 is 0 Å². The summed E-state index contributed by atoms with van der Waals surface area (Å²) in [5.41, 5.74) is 13.7. The van der Waals surface area contributed by atoms with E-state index in [0.717, 1.165) is 21.9 Å². The Morgan fingerprint density at radius 2 is 1.57 bits per heavy atom. The summed E-state index contributed by atoms with van der Waals surface area (Å²) >= 11 is 0. The summed E-state index contributed by atoms with van der Waals surface area (Å²) in [4.78, 5) is 0. The molecule has 0 bridgehead atoms. The molecule has 0 spiro atoms. The molecule has 0 fully saturated rings. The SMILES string of the molecule is CC1(C)c2ccccc2-c2c1ccc1c2oc2c(N)cccc21. The van der Waals surface area contributed by atoms with Crippen LogP contribution in [0.15, 0.2) is 59.0 Å². The van der Waals surface area contributed by atoms with E-state index in [-0.39, 0.29) is 5.41 Å². The highest BCUT2D eigenvalue weighted by atomic mass is 16.3. The van der Waals surface area contributed by atoms with E-state index in [2.05, 4.69) is 56.3 Å². The van der Waals surface area contributed by atoms with Crippen LogP contribution in [0.4, 0.5) is 5.69 Å². The highest BCUT2D eigenvalue weighted by molar-refractivity contribution is 6.13. The van der Waals surface area contributed by atoms with Crippen molar-refractivity contribution in [3.05, 3.63) is 65.7 Å². The molecule has 1 heterocycles. The maximum absolute atomic E-state index is 6.25. The Hall–Kier alpha value is -2.74. The maximum Gasteiger partial charge on any atom is 0.158 e. The molecule has 0 saturated heterocycles.